The first kappa shape index (κ1) is 13.6. The third kappa shape index (κ3) is 3.12. The monoisotopic (exact) mass is 311 g/mol. The average Bonchev–Trinajstić information content (AvgIpc) is 2.77. The number of carbonyl (C=O) groups is 1. The summed E-state index contributed by atoms with van der Waals surface area (Å²) in [6, 6.07) is 8.34. The van der Waals surface area contributed by atoms with Gasteiger partial charge in [0.2, 0.25) is 0 Å². The molecule has 1 aliphatic carbocycles. The van der Waals surface area contributed by atoms with Crippen molar-refractivity contribution in [3.8, 4) is 0 Å². The molecule has 0 heterocycles. The second kappa shape index (κ2) is 5.85. The minimum absolute atomic E-state index is 0.168. The van der Waals surface area contributed by atoms with Crippen LogP contribution in [0.25, 0.3) is 0 Å². The average molecular weight is 312 g/mol. The van der Waals surface area contributed by atoms with E-state index in [1.54, 1.807) is 0 Å². The molecule has 1 aromatic rings. The number of hydrogen-bond donors (Lipinski definition) is 1. The molecule has 98 valence electrons. The number of carboxylic acid groups (broad SMARTS) is 1. The van der Waals surface area contributed by atoms with Gasteiger partial charge in [-0.3, -0.25) is 9.69 Å². The number of benzene rings is 1. The Labute approximate surface area is 116 Å². The molecule has 1 saturated carbocycles. The minimum Gasteiger partial charge on any atom is -0.481 e. The number of rotatable bonds is 4. The van der Waals surface area contributed by atoms with Gasteiger partial charge in [-0.25, -0.2) is 0 Å². The Bertz CT molecular complexity index is 436. The number of hydrogen-bond acceptors (Lipinski definition) is 2. The van der Waals surface area contributed by atoms with E-state index in [1.165, 1.54) is 5.56 Å². The molecular formula is C14H18BrNO2. The topological polar surface area (TPSA) is 40.5 Å². The smallest absolute Gasteiger partial charge is 0.308 e. The summed E-state index contributed by atoms with van der Waals surface area (Å²) in [6.07, 6.45) is 2.81. The molecule has 3 nitrogen and oxygen atoms in total. The van der Waals surface area contributed by atoms with E-state index in [9.17, 15) is 9.90 Å². The van der Waals surface area contributed by atoms with Crippen LogP contribution in [0, 0.1) is 5.92 Å². The standard InChI is InChI=1S/C14H18BrNO2/c1-16(9-10-4-2-5-11(15)8-10)13-7-3-6-12(13)14(17)18/h2,4-5,8,12-13H,3,6-7,9H2,1H3,(H,17,18). The van der Waals surface area contributed by atoms with Crippen molar-refractivity contribution in [3.63, 3.8) is 0 Å². The molecule has 18 heavy (non-hydrogen) atoms. The third-order valence-electron chi connectivity index (χ3n) is 3.68. The Hall–Kier alpha value is -0.870. The van der Waals surface area contributed by atoms with Gasteiger partial charge >= 0.3 is 5.97 Å². The first-order chi connectivity index (χ1) is 8.58. The molecule has 2 unspecified atom stereocenters. The molecule has 0 bridgehead atoms. The summed E-state index contributed by atoms with van der Waals surface area (Å²) in [7, 11) is 2.02. The lowest BCUT2D eigenvalue weighted by Crippen LogP contribution is -2.37. The van der Waals surface area contributed by atoms with Gasteiger partial charge in [0.1, 0.15) is 0 Å². The second-order valence-electron chi connectivity index (χ2n) is 4.99. The van der Waals surface area contributed by atoms with Crippen LogP contribution in [-0.4, -0.2) is 29.1 Å². The normalized spacial score (nSPS) is 23.5. The van der Waals surface area contributed by atoms with E-state index < -0.39 is 5.97 Å². The predicted molar refractivity (Wildman–Crippen MR) is 74.4 cm³/mol. The predicted octanol–water partition coefficient (Wildman–Crippen LogP) is 3.13. The van der Waals surface area contributed by atoms with Crippen LogP contribution < -0.4 is 0 Å². The second-order valence-corrected chi connectivity index (χ2v) is 5.90. The van der Waals surface area contributed by atoms with E-state index in [2.05, 4.69) is 33.0 Å². The Morgan fingerprint density at radius 1 is 1.50 bits per heavy atom. The summed E-state index contributed by atoms with van der Waals surface area (Å²) in [5.41, 5.74) is 1.21. The zero-order valence-corrected chi connectivity index (χ0v) is 12.1. The zero-order valence-electron chi connectivity index (χ0n) is 10.5. The highest BCUT2D eigenvalue weighted by Crippen LogP contribution is 2.30. The fourth-order valence-electron chi connectivity index (χ4n) is 2.80. The van der Waals surface area contributed by atoms with Crippen LogP contribution in [0.5, 0.6) is 0 Å². The largest absolute Gasteiger partial charge is 0.481 e. The van der Waals surface area contributed by atoms with Crippen LogP contribution in [0.4, 0.5) is 0 Å². The van der Waals surface area contributed by atoms with Gasteiger partial charge in [0.05, 0.1) is 5.92 Å². The third-order valence-corrected chi connectivity index (χ3v) is 4.18. The maximum absolute atomic E-state index is 11.2. The van der Waals surface area contributed by atoms with E-state index in [-0.39, 0.29) is 12.0 Å². The fraction of sp³-hybridized carbons (Fsp3) is 0.500. The summed E-state index contributed by atoms with van der Waals surface area (Å²) in [5, 5.41) is 9.21. The SMILES string of the molecule is CN(Cc1cccc(Br)c1)C1CCCC1C(=O)O. The quantitative estimate of drug-likeness (QED) is 0.928. The Kier molecular flexibility index (Phi) is 4.40. The van der Waals surface area contributed by atoms with Crippen molar-refractivity contribution in [2.75, 3.05) is 7.05 Å². The van der Waals surface area contributed by atoms with Gasteiger partial charge in [0.25, 0.3) is 0 Å². The van der Waals surface area contributed by atoms with Crippen molar-refractivity contribution in [2.45, 2.75) is 31.8 Å². The van der Waals surface area contributed by atoms with Crippen LogP contribution >= 0.6 is 15.9 Å². The van der Waals surface area contributed by atoms with Crippen molar-refractivity contribution in [1.82, 2.24) is 4.90 Å². The van der Waals surface area contributed by atoms with Crippen molar-refractivity contribution < 1.29 is 9.90 Å². The molecule has 1 aliphatic rings. The van der Waals surface area contributed by atoms with Gasteiger partial charge in [-0.15, -0.1) is 0 Å². The molecule has 1 aromatic carbocycles. The molecule has 2 rings (SSSR count). The molecule has 0 spiro atoms. The van der Waals surface area contributed by atoms with Gasteiger partial charge < -0.3 is 5.11 Å². The van der Waals surface area contributed by atoms with Crippen molar-refractivity contribution in [2.24, 2.45) is 5.92 Å². The van der Waals surface area contributed by atoms with Crippen LogP contribution in [-0.2, 0) is 11.3 Å². The lowest BCUT2D eigenvalue weighted by Gasteiger charge is -2.27. The highest BCUT2D eigenvalue weighted by atomic mass is 79.9. The number of carboxylic acids is 1. The summed E-state index contributed by atoms with van der Waals surface area (Å²) in [4.78, 5) is 13.4. The maximum Gasteiger partial charge on any atom is 0.308 e. The van der Waals surface area contributed by atoms with E-state index in [0.717, 1.165) is 30.3 Å². The first-order valence-corrected chi connectivity index (χ1v) is 7.04. The zero-order chi connectivity index (χ0) is 13.1. The lowest BCUT2D eigenvalue weighted by molar-refractivity contribution is -0.143. The van der Waals surface area contributed by atoms with E-state index in [4.69, 9.17) is 0 Å². The molecule has 0 radical (unpaired) electrons. The van der Waals surface area contributed by atoms with Gasteiger partial charge in [0.15, 0.2) is 0 Å². The molecule has 2 atom stereocenters. The number of aliphatic carboxylic acids is 1. The Morgan fingerprint density at radius 2 is 2.28 bits per heavy atom. The molecule has 0 saturated heterocycles. The minimum atomic E-state index is -0.654. The molecule has 4 heteroatoms. The van der Waals surface area contributed by atoms with Gasteiger partial charge in [-0.05, 0) is 37.6 Å². The summed E-state index contributed by atoms with van der Waals surface area (Å²) >= 11 is 3.46. The van der Waals surface area contributed by atoms with Crippen LogP contribution in [0.1, 0.15) is 24.8 Å². The number of halogens is 1. The Morgan fingerprint density at radius 3 is 2.94 bits per heavy atom. The van der Waals surface area contributed by atoms with E-state index in [1.807, 2.05) is 19.2 Å². The first-order valence-electron chi connectivity index (χ1n) is 6.25. The van der Waals surface area contributed by atoms with Gasteiger partial charge in [-0.1, -0.05) is 34.5 Å². The van der Waals surface area contributed by atoms with Gasteiger partial charge in [-0.2, -0.15) is 0 Å². The Balaban J connectivity index is 2.03. The van der Waals surface area contributed by atoms with E-state index >= 15 is 0 Å². The molecule has 0 aromatic heterocycles. The van der Waals surface area contributed by atoms with Crippen LogP contribution in [0.2, 0.25) is 0 Å². The van der Waals surface area contributed by atoms with Crippen molar-refractivity contribution >= 4 is 21.9 Å². The number of nitrogens with zero attached hydrogens (tertiary/aromatic N) is 1. The fourth-order valence-corrected chi connectivity index (χ4v) is 3.24. The molecule has 1 fully saturated rings. The summed E-state index contributed by atoms with van der Waals surface area (Å²) in [5.74, 6) is -0.860. The molecule has 1 N–H and O–H groups in total. The molecule has 0 aliphatic heterocycles. The van der Waals surface area contributed by atoms with E-state index in [0.29, 0.717) is 0 Å². The highest BCUT2D eigenvalue weighted by Gasteiger charge is 2.35. The molecule has 0 amide bonds. The maximum atomic E-state index is 11.2. The van der Waals surface area contributed by atoms with Crippen molar-refractivity contribution in [3.05, 3.63) is 34.3 Å². The van der Waals surface area contributed by atoms with Gasteiger partial charge in [0, 0.05) is 17.1 Å². The van der Waals surface area contributed by atoms with Crippen LogP contribution in [0.15, 0.2) is 28.7 Å². The lowest BCUT2D eigenvalue weighted by atomic mass is 10.0. The summed E-state index contributed by atoms with van der Waals surface area (Å²) < 4.78 is 1.06. The van der Waals surface area contributed by atoms with Crippen molar-refractivity contribution in [1.29, 1.82) is 0 Å². The highest BCUT2D eigenvalue weighted by molar-refractivity contribution is 9.10. The summed E-state index contributed by atoms with van der Waals surface area (Å²) in [6.45, 7) is 0.799. The molecular weight excluding hydrogens is 294 g/mol. The van der Waals surface area contributed by atoms with Crippen LogP contribution in [0.3, 0.4) is 0 Å².